The molecule has 2 aromatic rings. The van der Waals surface area contributed by atoms with Crippen LogP contribution >= 0.6 is 15.9 Å². The second-order valence-electron chi connectivity index (χ2n) is 7.35. The molecule has 2 fully saturated rings. The van der Waals surface area contributed by atoms with Gasteiger partial charge in [0, 0.05) is 49.0 Å². The van der Waals surface area contributed by atoms with Gasteiger partial charge in [0.25, 0.3) is 0 Å². The number of pyridine rings is 2. The molecule has 1 amide bonds. The van der Waals surface area contributed by atoms with Gasteiger partial charge in [0.05, 0.1) is 11.2 Å². The highest BCUT2D eigenvalue weighted by Crippen LogP contribution is 2.30. The Balaban J connectivity index is 1.44. The van der Waals surface area contributed by atoms with E-state index in [9.17, 15) is 4.79 Å². The van der Waals surface area contributed by atoms with Crippen LogP contribution in [-0.4, -0.2) is 47.0 Å². The first kappa shape index (κ1) is 17.7. The van der Waals surface area contributed by atoms with Gasteiger partial charge in [0.1, 0.15) is 5.52 Å². The molecule has 6 heteroatoms. The first-order chi connectivity index (χ1) is 12.7. The number of carbonyl (C=O) groups excluding carboxylic acids is 1. The molecule has 5 nitrogen and oxygen atoms in total. The third kappa shape index (κ3) is 3.70. The molecule has 0 atom stereocenters. The van der Waals surface area contributed by atoms with Gasteiger partial charge in [-0.15, -0.1) is 0 Å². The van der Waals surface area contributed by atoms with E-state index >= 15 is 0 Å². The highest BCUT2D eigenvalue weighted by Gasteiger charge is 2.29. The summed E-state index contributed by atoms with van der Waals surface area (Å²) in [4.78, 5) is 26.4. The van der Waals surface area contributed by atoms with Crippen molar-refractivity contribution in [2.24, 2.45) is 5.92 Å². The molecule has 2 aliphatic rings. The van der Waals surface area contributed by atoms with Crippen molar-refractivity contribution in [1.29, 1.82) is 0 Å². The molecule has 0 bridgehead atoms. The SMILES string of the molecule is O=C(C1CCN(c2ccnc3cc(Br)cnc23)CC1)N1CCCCCC1. The molecule has 26 heavy (non-hydrogen) atoms. The van der Waals surface area contributed by atoms with Gasteiger partial charge < -0.3 is 9.80 Å². The Morgan fingerprint density at radius 1 is 1.04 bits per heavy atom. The van der Waals surface area contributed by atoms with Crippen molar-refractivity contribution < 1.29 is 4.79 Å². The molecule has 138 valence electrons. The van der Waals surface area contributed by atoms with E-state index in [4.69, 9.17) is 0 Å². The normalized spacial score (nSPS) is 19.6. The molecule has 4 rings (SSSR count). The van der Waals surface area contributed by atoms with E-state index in [-0.39, 0.29) is 5.92 Å². The van der Waals surface area contributed by atoms with Gasteiger partial charge in [0.15, 0.2) is 0 Å². The molecule has 0 spiro atoms. The Morgan fingerprint density at radius 3 is 2.50 bits per heavy atom. The van der Waals surface area contributed by atoms with Gasteiger partial charge in [-0.1, -0.05) is 12.8 Å². The molecule has 0 radical (unpaired) electrons. The highest BCUT2D eigenvalue weighted by molar-refractivity contribution is 9.10. The van der Waals surface area contributed by atoms with Crippen molar-refractivity contribution in [3.05, 3.63) is 29.0 Å². The first-order valence-electron chi connectivity index (χ1n) is 9.66. The van der Waals surface area contributed by atoms with Crippen molar-refractivity contribution in [2.45, 2.75) is 38.5 Å². The zero-order valence-corrected chi connectivity index (χ0v) is 16.6. The van der Waals surface area contributed by atoms with E-state index in [0.717, 1.165) is 73.1 Å². The Morgan fingerprint density at radius 2 is 1.77 bits per heavy atom. The summed E-state index contributed by atoms with van der Waals surface area (Å²) in [6.45, 7) is 3.71. The van der Waals surface area contributed by atoms with Crippen molar-refractivity contribution in [3.63, 3.8) is 0 Å². The average Bonchev–Trinajstić information content (AvgIpc) is 2.96. The summed E-state index contributed by atoms with van der Waals surface area (Å²) in [6, 6.07) is 4.04. The molecular formula is C20H25BrN4O. The second kappa shape index (κ2) is 7.91. The standard InChI is InChI=1S/C20H25BrN4O/c21-16-13-17-19(23-14-16)18(5-8-22-17)24-11-6-15(7-12-24)20(26)25-9-3-1-2-4-10-25/h5,8,13-15H,1-4,6-7,9-12H2. The average molecular weight is 417 g/mol. The van der Waals surface area contributed by atoms with E-state index in [2.05, 4.69) is 35.7 Å². The minimum atomic E-state index is 0.180. The number of fused-ring (bicyclic) bond motifs is 1. The minimum Gasteiger partial charge on any atom is -0.370 e. The monoisotopic (exact) mass is 416 g/mol. The second-order valence-corrected chi connectivity index (χ2v) is 8.27. The van der Waals surface area contributed by atoms with E-state index in [1.54, 1.807) is 0 Å². The number of piperidine rings is 1. The van der Waals surface area contributed by atoms with Gasteiger partial charge >= 0.3 is 0 Å². The number of anilines is 1. The van der Waals surface area contributed by atoms with Crippen LogP contribution in [0.25, 0.3) is 11.0 Å². The third-order valence-electron chi connectivity index (χ3n) is 5.63. The Hall–Kier alpha value is -1.69. The number of carbonyl (C=O) groups is 1. The molecule has 0 saturated carbocycles. The van der Waals surface area contributed by atoms with Gasteiger partial charge in [0.2, 0.25) is 5.91 Å². The molecule has 0 unspecified atom stereocenters. The van der Waals surface area contributed by atoms with Crippen molar-refractivity contribution in [3.8, 4) is 0 Å². The van der Waals surface area contributed by atoms with Crippen LogP contribution in [0.15, 0.2) is 29.0 Å². The fourth-order valence-corrected chi connectivity index (χ4v) is 4.48. The largest absolute Gasteiger partial charge is 0.370 e. The summed E-state index contributed by atoms with van der Waals surface area (Å²) < 4.78 is 0.941. The van der Waals surface area contributed by atoms with E-state index in [1.165, 1.54) is 12.8 Å². The van der Waals surface area contributed by atoms with Crippen LogP contribution in [0.5, 0.6) is 0 Å². The maximum atomic E-state index is 12.9. The Labute approximate surface area is 162 Å². The van der Waals surface area contributed by atoms with Crippen LogP contribution in [0.4, 0.5) is 5.69 Å². The Bertz CT molecular complexity index is 780. The maximum absolute atomic E-state index is 12.9. The number of hydrogen-bond acceptors (Lipinski definition) is 4. The summed E-state index contributed by atoms with van der Waals surface area (Å²) in [5, 5.41) is 0. The summed E-state index contributed by atoms with van der Waals surface area (Å²) in [5.74, 6) is 0.563. The molecule has 0 aromatic carbocycles. The van der Waals surface area contributed by atoms with Crippen LogP contribution in [0.2, 0.25) is 0 Å². The van der Waals surface area contributed by atoms with Crippen LogP contribution in [-0.2, 0) is 4.79 Å². The number of likely N-dealkylation sites (tertiary alicyclic amines) is 1. The fraction of sp³-hybridized carbons (Fsp3) is 0.550. The molecule has 2 saturated heterocycles. The van der Waals surface area contributed by atoms with Gasteiger partial charge in [-0.3, -0.25) is 14.8 Å². The van der Waals surface area contributed by atoms with Gasteiger partial charge in [-0.25, -0.2) is 0 Å². The van der Waals surface area contributed by atoms with Crippen LogP contribution < -0.4 is 4.90 Å². The van der Waals surface area contributed by atoms with Gasteiger partial charge in [-0.05, 0) is 53.7 Å². The molecule has 4 heterocycles. The number of hydrogen-bond donors (Lipinski definition) is 0. The first-order valence-corrected chi connectivity index (χ1v) is 10.5. The summed E-state index contributed by atoms with van der Waals surface area (Å²) in [6.07, 6.45) is 10.4. The number of halogens is 1. The molecule has 0 N–H and O–H groups in total. The zero-order chi connectivity index (χ0) is 17.9. The maximum Gasteiger partial charge on any atom is 0.225 e. The lowest BCUT2D eigenvalue weighted by Gasteiger charge is -2.35. The van der Waals surface area contributed by atoms with E-state index < -0.39 is 0 Å². The predicted octanol–water partition coefficient (Wildman–Crippen LogP) is 4.01. The van der Waals surface area contributed by atoms with Gasteiger partial charge in [-0.2, -0.15) is 0 Å². The quantitative estimate of drug-likeness (QED) is 0.741. The van der Waals surface area contributed by atoms with Crippen molar-refractivity contribution in [1.82, 2.24) is 14.9 Å². The number of amides is 1. The Kier molecular flexibility index (Phi) is 5.38. The zero-order valence-electron chi connectivity index (χ0n) is 15.0. The summed E-state index contributed by atoms with van der Waals surface area (Å²) in [7, 11) is 0. The predicted molar refractivity (Wildman–Crippen MR) is 107 cm³/mol. The van der Waals surface area contributed by atoms with Crippen molar-refractivity contribution in [2.75, 3.05) is 31.1 Å². The van der Waals surface area contributed by atoms with Crippen LogP contribution in [0, 0.1) is 5.92 Å². The van der Waals surface area contributed by atoms with E-state index in [1.807, 2.05) is 24.5 Å². The van der Waals surface area contributed by atoms with E-state index in [0.29, 0.717) is 5.91 Å². The lowest BCUT2D eigenvalue weighted by Crippen LogP contribution is -2.43. The van der Waals surface area contributed by atoms with Crippen LogP contribution in [0.3, 0.4) is 0 Å². The minimum absolute atomic E-state index is 0.180. The van der Waals surface area contributed by atoms with Crippen LogP contribution in [0.1, 0.15) is 38.5 Å². The smallest absolute Gasteiger partial charge is 0.225 e. The molecule has 2 aliphatic heterocycles. The lowest BCUT2D eigenvalue weighted by molar-refractivity contribution is -0.136. The highest BCUT2D eigenvalue weighted by atomic mass is 79.9. The lowest BCUT2D eigenvalue weighted by atomic mass is 9.94. The number of rotatable bonds is 2. The molecular weight excluding hydrogens is 392 g/mol. The molecule has 2 aromatic heterocycles. The summed E-state index contributed by atoms with van der Waals surface area (Å²) in [5.41, 5.74) is 2.97. The summed E-state index contributed by atoms with van der Waals surface area (Å²) >= 11 is 3.46. The number of aromatic nitrogens is 2. The van der Waals surface area contributed by atoms with Crippen molar-refractivity contribution >= 4 is 38.6 Å². The number of nitrogens with zero attached hydrogens (tertiary/aromatic N) is 4. The fourth-order valence-electron chi connectivity index (χ4n) is 4.16. The topological polar surface area (TPSA) is 49.3 Å². The molecule has 0 aliphatic carbocycles. The third-order valence-corrected chi connectivity index (χ3v) is 6.06.